The number of benzene rings is 1. The van der Waals surface area contributed by atoms with Gasteiger partial charge in [-0.05, 0) is 5.56 Å². The fourth-order valence-corrected chi connectivity index (χ4v) is 0.754. The van der Waals surface area contributed by atoms with Crippen LogP contribution in [-0.4, -0.2) is 6.67 Å². The fourth-order valence-electron chi connectivity index (χ4n) is 0.754. The molecule has 0 aliphatic carbocycles. The van der Waals surface area contributed by atoms with Gasteiger partial charge in [0.1, 0.15) is 0 Å². The molecule has 0 saturated carbocycles. The summed E-state index contributed by atoms with van der Waals surface area (Å²) < 4.78 is 11.7. The number of aryl methyl sites for hydroxylation is 1. The highest BCUT2D eigenvalue weighted by atomic mass is 18.2. The van der Waals surface area contributed by atoms with Gasteiger partial charge in [0.2, 0.25) is 0 Å². The number of rotatable bonds is 2. The summed E-state index contributed by atoms with van der Waals surface area (Å²) in [6, 6.07) is 9.64. The van der Waals surface area contributed by atoms with E-state index in [1.165, 1.54) is 0 Å². The first-order chi connectivity index (χ1) is 4.43. The third-order valence-electron chi connectivity index (χ3n) is 1.23. The molecule has 1 aromatic rings. The van der Waals surface area contributed by atoms with Crippen molar-refractivity contribution in [2.24, 2.45) is 0 Å². The zero-order valence-electron chi connectivity index (χ0n) is 5.18. The van der Waals surface area contributed by atoms with Crippen molar-refractivity contribution in [3.05, 3.63) is 35.9 Å². The SMILES string of the molecule is [18F]CCc1ccccc1. The van der Waals surface area contributed by atoms with E-state index in [4.69, 9.17) is 0 Å². The molecule has 0 bridgehead atoms. The van der Waals surface area contributed by atoms with Crippen LogP contribution in [0, 0.1) is 0 Å². The Labute approximate surface area is 54.3 Å². The van der Waals surface area contributed by atoms with E-state index >= 15 is 0 Å². The average Bonchev–Trinajstić information content (AvgIpc) is 1.91. The van der Waals surface area contributed by atoms with Gasteiger partial charge in [0, 0.05) is 6.42 Å². The van der Waals surface area contributed by atoms with Gasteiger partial charge in [0.25, 0.3) is 0 Å². The van der Waals surface area contributed by atoms with Crippen LogP contribution in [0.1, 0.15) is 5.56 Å². The van der Waals surface area contributed by atoms with Gasteiger partial charge in [-0.3, -0.25) is 4.39 Å². The summed E-state index contributed by atoms with van der Waals surface area (Å²) in [5.41, 5.74) is 1.07. The second-order valence-corrected chi connectivity index (χ2v) is 1.92. The minimum absolute atomic E-state index is 0.260. The standard InChI is InChI=1S/C8H9F/c9-7-6-8-4-2-1-3-5-8/h1-5H,6-7H2/i9-1. The highest BCUT2D eigenvalue weighted by Gasteiger charge is 1.86. The molecule has 0 aliphatic heterocycles. The van der Waals surface area contributed by atoms with E-state index in [9.17, 15) is 4.39 Å². The highest BCUT2D eigenvalue weighted by molar-refractivity contribution is 5.14. The van der Waals surface area contributed by atoms with Crippen molar-refractivity contribution in [1.82, 2.24) is 0 Å². The van der Waals surface area contributed by atoms with Crippen molar-refractivity contribution in [3.8, 4) is 0 Å². The Morgan fingerprint density at radius 2 is 1.78 bits per heavy atom. The number of halogens is 1. The molecule has 48 valence electrons. The molecule has 9 heavy (non-hydrogen) atoms. The van der Waals surface area contributed by atoms with Crippen LogP contribution in [0.3, 0.4) is 0 Å². The molecule has 0 atom stereocenters. The van der Waals surface area contributed by atoms with Crippen LogP contribution in [-0.2, 0) is 6.42 Å². The molecule has 0 heterocycles. The van der Waals surface area contributed by atoms with E-state index in [1.807, 2.05) is 30.3 Å². The van der Waals surface area contributed by atoms with E-state index in [-0.39, 0.29) is 6.67 Å². The summed E-state index contributed by atoms with van der Waals surface area (Å²) in [4.78, 5) is 0. The minimum atomic E-state index is -0.260. The Kier molecular flexibility index (Phi) is 2.25. The van der Waals surface area contributed by atoms with E-state index in [0.717, 1.165) is 5.56 Å². The number of alkyl halides is 1. The predicted octanol–water partition coefficient (Wildman–Crippen LogP) is 2.20. The number of hydrogen-bond donors (Lipinski definition) is 0. The second kappa shape index (κ2) is 3.23. The molecule has 1 rings (SSSR count). The van der Waals surface area contributed by atoms with Crippen molar-refractivity contribution in [1.29, 1.82) is 0 Å². The summed E-state index contributed by atoms with van der Waals surface area (Å²) >= 11 is 0. The molecule has 0 aliphatic rings. The van der Waals surface area contributed by atoms with Crippen LogP contribution in [0.15, 0.2) is 30.3 Å². The maximum Gasteiger partial charge on any atom is 0.0934 e. The van der Waals surface area contributed by atoms with Crippen molar-refractivity contribution in [3.63, 3.8) is 0 Å². The van der Waals surface area contributed by atoms with E-state index in [1.54, 1.807) is 0 Å². The third kappa shape index (κ3) is 1.84. The van der Waals surface area contributed by atoms with Gasteiger partial charge >= 0.3 is 0 Å². The molecule has 1 aromatic carbocycles. The van der Waals surface area contributed by atoms with Crippen LogP contribution in [0.25, 0.3) is 0 Å². The summed E-state index contributed by atoms with van der Waals surface area (Å²) in [5, 5.41) is 0. The summed E-state index contributed by atoms with van der Waals surface area (Å²) in [7, 11) is 0. The van der Waals surface area contributed by atoms with Gasteiger partial charge < -0.3 is 0 Å². The van der Waals surface area contributed by atoms with Crippen molar-refractivity contribution >= 4 is 0 Å². The first-order valence-electron chi connectivity index (χ1n) is 3.03. The highest BCUT2D eigenvalue weighted by Crippen LogP contribution is 1.98. The lowest BCUT2D eigenvalue weighted by molar-refractivity contribution is 0.495. The molecular weight excluding hydrogens is 114 g/mol. The molecule has 0 aromatic heterocycles. The summed E-state index contributed by atoms with van der Waals surface area (Å²) in [6.07, 6.45) is 0.542. The lowest BCUT2D eigenvalue weighted by atomic mass is 10.2. The van der Waals surface area contributed by atoms with Crippen molar-refractivity contribution in [2.45, 2.75) is 6.42 Å². The summed E-state index contributed by atoms with van der Waals surface area (Å²) in [6.45, 7) is -0.260. The van der Waals surface area contributed by atoms with Crippen LogP contribution < -0.4 is 0 Å². The lowest BCUT2D eigenvalue weighted by Crippen LogP contribution is -1.83. The molecule has 0 nitrogen and oxygen atoms in total. The molecule has 0 fully saturated rings. The fraction of sp³-hybridized carbons (Fsp3) is 0.250. The first-order valence-corrected chi connectivity index (χ1v) is 3.03. The largest absolute Gasteiger partial charge is 0.251 e. The maximum absolute atomic E-state index is 11.7. The minimum Gasteiger partial charge on any atom is -0.251 e. The number of hydrogen-bond acceptors (Lipinski definition) is 0. The van der Waals surface area contributed by atoms with Crippen LogP contribution >= 0.6 is 0 Å². The first kappa shape index (κ1) is 6.27. The van der Waals surface area contributed by atoms with E-state index in [0.29, 0.717) is 6.42 Å². The predicted molar refractivity (Wildman–Crippen MR) is 36.1 cm³/mol. The van der Waals surface area contributed by atoms with Crippen molar-refractivity contribution < 1.29 is 4.39 Å². The molecule has 0 unspecified atom stereocenters. The van der Waals surface area contributed by atoms with Gasteiger partial charge in [-0.1, -0.05) is 30.3 Å². The molecule has 1 heteroatoms. The Morgan fingerprint density at radius 3 is 2.33 bits per heavy atom. The smallest absolute Gasteiger partial charge is 0.0934 e. The van der Waals surface area contributed by atoms with E-state index < -0.39 is 0 Å². The zero-order chi connectivity index (χ0) is 6.53. The lowest BCUT2D eigenvalue weighted by Gasteiger charge is -1.92. The molecule has 0 saturated heterocycles. The molecule has 0 N–H and O–H groups in total. The van der Waals surface area contributed by atoms with Crippen molar-refractivity contribution in [2.75, 3.05) is 6.67 Å². The van der Waals surface area contributed by atoms with Gasteiger partial charge in [0.05, 0.1) is 6.67 Å². The Morgan fingerprint density at radius 1 is 1.11 bits per heavy atom. The third-order valence-corrected chi connectivity index (χ3v) is 1.23. The monoisotopic (exact) mass is 123 g/mol. The van der Waals surface area contributed by atoms with Crippen LogP contribution in [0.4, 0.5) is 4.39 Å². The quantitative estimate of drug-likeness (QED) is 0.565. The average molecular weight is 123 g/mol. The molecule has 0 radical (unpaired) electrons. The molecular formula is C8H9F. The summed E-state index contributed by atoms with van der Waals surface area (Å²) in [5.74, 6) is 0. The molecule has 0 spiro atoms. The maximum atomic E-state index is 11.7. The van der Waals surface area contributed by atoms with Crippen LogP contribution in [0.5, 0.6) is 0 Å². The van der Waals surface area contributed by atoms with Gasteiger partial charge in [-0.25, -0.2) is 0 Å². The van der Waals surface area contributed by atoms with Gasteiger partial charge in [0.15, 0.2) is 0 Å². The molecule has 0 amide bonds. The van der Waals surface area contributed by atoms with E-state index in [2.05, 4.69) is 0 Å². The topological polar surface area (TPSA) is 0 Å². The Hall–Kier alpha value is -0.850. The second-order valence-electron chi connectivity index (χ2n) is 1.92. The Bertz CT molecular complexity index is 157. The normalized spacial score (nSPS) is 9.44. The van der Waals surface area contributed by atoms with Gasteiger partial charge in [-0.15, -0.1) is 0 Å². The van der Waals surface area contributed by atoms with Crippen LogP contribution in [0.2, 0.25) is 0 Å². The zero-order valence-corrected chi connectivity index (χ0v) is 5.18. The Balaban J connectivity index is 2.61. The van der Waals surface area contributed by atoms with Gasteiger partial charge in [-0.2, -0.15) is 0 Å².